The summed E-state index contributed by atoms with van der Waals surface area (Å²) in [5.74, 6) is 0. The zero-order valence-electron chi connectivity index (χ0n) is 7.11. The molecule has 1 rings (SSSR count). The average Bonchev–Trinajstić information content (AvgIpc) is 2.03. The van der Waals surface area contributed by atoms with Gasteiger partial charge in [-0.15, -0.1) is 12.6 Å². The van der Waals surface area contributed by atoms with E-state index in [1.165, 1.54) is 5.56 Å². The van der Waals surface area contributed by atoms with Crippen LogP contribution in [0.1, 0.15) is 5.56 Å². The quantitative estimate of drug-likeness (QED) is 0.544. The Labute approximate surface area is 83.8 Å². The van der Waals surface area contributed by atoms with E-state index in [1.54, 1.807) is 0 Å². The maximum absolute atomic E-state index is 4.93. The molecule has 0 aromatic heterocycles. The lowest BCUT2D eigenvalue weighted by atomic mass is 10.2. The highest BCUT2D eigenvalue weighted by Gasteiger charge is 2.01. The number of hydrogen-bond acceptors (Lipinski definition) is 1. The van der Waals surface area contributed by atoms with Crippen molar-refractivity contribution in [2.24, 2.45) is 0 Å². The molecule has 0 bridgehead atoms. The number of thiol groups is 1. The summed E-state index contributed by atoms with van der Waals surface area (Å²) in [4.78, 5) is 1.87. The third-order valence-electron chi connectivity index (χ3n) is 1.68. The van der Waals surface area contributed by atoms with E-state index < -0.39 is 0 Å². The first kappa shape index (κ1) is 9.55. The van der Waals surface area contributed by atoms with E-state index in [0.717, 1.165) is 5.69 Å². The predicted molar refractivity (Wildman–Crippen MR) is 61.2 cm³/mol. The van der Waals surface area contributed by atoms with E-state index in [9.17, 15) is 0 Å². The molecule has 64 valence electrons. The third kappa shape index (κ3) is 2.22. The molecule has 0 aliphatic rings. The molecule has 1 aromatic rings. The molecule has 0 spiro atoms. The van der Waals surface area contributed by atoms with Gasteiger partial charge in [-0.2, -0.15) is 0 Å². The average molecular weight is 197 g/mol. The van der Waals surface area contributed by atoms with Gasteiger partial charge in [0.1, 0.15) is 4.32 Å². The third-order valence-corrected chi connectivity index (χ3v) is 2.25. The van der Waals surface area contributed by atoms with Crippen molar-refractivity contribution >= 4 is 34.9 Å². The Kier molecular flexibility index (Phi) is 3.12. The molecule has 3 heteroatoms. The lowest BCUT2D eigenvalue weighted by Gasteiger charge is -2.16. The molecule has 1 aromatic carbocycles. The minimum Gasteiger partial charge on any atom is -0.331 e. The fourth-order valence-electron chi connectivity index (χ4n) is 0.947. The van der Waals surface area contributed by atoms with Crippen molar-refractivity contribution in [2.45, 2.75) is 6.92 Å². The number of nitrogens with zero attached hydrogens (tertiary/aromatic N) is 1. The molecule has 0 fully saturated rings. The van der Waals surface area contributed by atoms with E-state index in [1.807, 2.05) is 24.1 Å². The Morgan fingerprint density at radius 3 is 2.67 bits per heavy atom. The molecule has 0 amide bonds. The Morgan fingerprint density at radius 1 is 1.50 bits per heavy atom. The second-order valence-electron chi connectivity index (χ2n) is 2.68. The van der Waals surface area contributed by atoms with Gasteiger partial charge in [-0.25, -0.2) is 0 Å². The van der Waals surface area contributed by atoms with Gasteiger partial charge in [-0.05, 0) is 24.6 Å². The first-order valence-corrected chi connectivity index (χ1v) is 4.50. The van der Waals surface area contributed by atoms with Gasteiger partial charge < -0.3 is 4.90 Å². The molecule has 0 saturated heterocycles. The predicted octanol–water partition coefficient (Wildman–Crippen LogP) is 2.65. The fraction of sp³-hybridized carbons (Fsp3) is 0.222. The van der Waals surface area contributed by atoms with E-state index in [4.69, 9.17) is 12.2 Å². The number of anilines is 1. The zero-order chi connectivity index (χ0) is 9.14. The lowest BCUT2D eigenvalue weighted by molar-refractivity contribution is 1.29. The molecule has 0 saturated carbocycles. The Morgan fingerprint density at radius 2 is 2.17 bits per heavy atom. The van der Waals surface area contributed by atoms with Crippen LogP contribution in [0.5, 0.6) is 0 Å². The molecule has 0 aliphatic heterocycles. The van der Waals surface area contributed by atoms with Gasteiger partial charge in [0.25, 0.3) is 0 Å². The van der Waals surface area contributed by atoms with Crippen molar-refractivity contribution in [3.8, 4) is 0 Å². The second-order valence-corrected chi connectivity index (χ2v) is 3.79. The largest absolute Gasteiger partial charge is 0.331 e. The number of thiocarbonyl (C=S) groups is 1. The van der Waals surface area contributed by atoms with Crippen molar-refractivity contribution in [2.75, 3.05) is 11.9 Å². The normalized spacial score (nSPS) is 9.58. The summed E-state index contributed by atoms with van der Waals surface area (Å²) in [5.41, 5.74) is 2.30. The van der Waals surface area contributed by atoms with Gasteiger partial charge in [-0.1, -0.05) is 24.4 Å². The molecule has 0 aliphatic carbocycles. The van der Waals surface area contributed by atoms with Crippen LogP contribution in [0, 0.1) is 6.92 Å². The highest BCUT2D eigenvalue weighted by Crippen LogP contribution is 2.15. The smallest absolute Gasteiger partial charge is 0.137 e. The second kappa shape index (κ2) is 3.92. The van der Waals surface area contributed by atoms with Crippen LogP contribution in [-0.2, 0) is 0 Å². The van der Waals surface area contributed by atoms with E-state index in [-0.39, 0.29) is 0 Å². The van der Waals surface area contributed by atoms with Gasteiger partial charge >= 0.3 is 0 Å². The first-order chi connectivity index (χ1) is 5.61. The van der Waals surface area contributed by atoms with Crippen molar-refractivity contribution < 1.29 is 0 Å². The molecule has 1 nitrogen and oxygen atoms in total. The van der Waals surface area contributed by atoms with Crippen molar-refractivity contribution in [1.29, 1.82) is 0 Å². The minimum atomic E-state index is 0.584. The Balaban J connectivity index is 2.95. The van der Waals surface area contributed by atoms with Crippen LogP contribution in [0.2, 0.25) is 0 Å². The van der Waals surface area contributed by atoms with Crippen LogP contribution in [0.25, 0.3) is 0 Å². The number of rotatable bonds is 1. The SMILES string of the molecule is Cc1cccc(N(C)C(=S)S)c1. The van der Waals surface area contributed by atoms with Gasteiger partial charge in [-0.3, -0.25) is 0 Å². The highest BCUT2D eigenvalue weighted by molar-refractivity contribution is 8.11. The molecule has 12 heavy (non-hydrogen) atoms. The standard InChI is InChI=1S/C9H11NS2/c1-7-4-3-5-8(6-7)10(2)9(11)12/h3-6H,1-2H3,(H,11,12). The maximum atomic E-state index is 4.93. The summed E-state index contributed by atoms with van der Waals surface area (Å²) in [6.07, 6.45) is 0. The van der Waals surface area contributed by atoms with E-state index in [0.29, 0.717) is 4.32 Å². The van der Waals surface area contributed by atoms with Crippen molar-refractivity contribution in [3.05, 3.63) is 29.8 Å². The van der Waals surface area contributed by atoms with Crippen LogP contribution in [0.3, 0.4) is 0 Å². The lowest BCUT2D eigenvalue weighted by Crippen LogP contribution is -2.19. The van der Waals surface area contributed by atoms with Crippen molar-refractivity contribution in [1.82, 2.24) is 0 Å². The van der Waals surface area contributed by atoms with Crippen molar-refractivity contribution in [3.63, 3.8) is 0 Å². The minimum absolute atomic E-state index is 0.584. The molecular formula is C9H11NS2. The summed E-state index contributed by atoms with van der Waals surface area (Å²) < 4.78 is 0.584. The fourth-order valence-corrected chi connectivity index (χ4v) is 1.17. The summed E-state index contributed by atoms with van der Waals surface area (Å²) in [6, 6.07) is 8.14. The van der Waals surface area contributed by atoms with Crippen LogP contribution >= 0.6 is 24.8 Å². The first-order valence-electron chi connectivity index (χ1n) is 3.64. The molecule has 0 radical (unpaired) electrons. The van der Waals surface area contributed by atoms with Crippen LogP contribution < -0.4 is 4.90 Å². The van der Waals surface area contributed by atoms with Gasteiger partial charge in [0.05, 0.1) is 0 Å². The summed E-state index contributed by atoms with van der Waals surface area (Å²) in [6.45, 7) is 2.05. The molecule has 0 heterocycles. The number of aryl methyl sites for hydroxylation is 1. The molecule has 0 unspecified atom stereocenters. The monoisotopic (exact) mass is 197 g/mol. The van der Waals surface area contributed by atoms with Crippen LogP contribution in [0.15, 0.2) is 24.3 Å². The Bertz CT molecular complexity index is 296. The summed E-state index contributed by atoms with van der Waals surface area (Å²) >= 11 is 9.03. The van der Waals surface area contributed by atoms with E-state index >= 15 is 0 Å². The number of benzene rings is 1. The van der Waals surface area contributed by atoms with Gasteiger partial charge in [0.15, 0.2) is 0 Å². The molecule has 0 atom stereocenters. The molecular weight excluding hydrogens is 186 g/mol. The Hall–Kier alpha value is -0.540. The summed E-state index contributed by atoms with van der Waals surface area (Å²) in [5, 5.41) is 0. The maximum Gasteiger partial charge on any atom is 0.137 e. The van der Waals surface area contributed by atoms with Gasteiger partial charge in [0.2, 0.25) is 0 Å². The van der Waals surface area contributed by atoms with E-state index in [2.05, 4.69) is 31.7 Å². The topological polar surface area (TPSA) is 3.24 Å². The zero-order valence-corrected chi connectivity index (χ0v) is 8.82. The highest BCUT2D eigenvalue weighted by atomic mass is 32.1. The summed E-state index contributed by atoms with van der Waals surface area (Å²) in [7, 11) is 1.91. The van der Waals surface area contributed by atoms with Crippen LogP contribution in [0.4, 0.5) is 5.69 Å². The van der Waals surface area contributed by atoms with Gasteiger partial charge in [0, 0.05) is 12.7 Å². The van der Waals surface area contributed by atoms with Crippen LogP contribution in [-0.4, -0.2) is 11.4 Å². The molecule has 0 N–H and O–H groups in total. The number of hydrogen-bond donors (Lipinski definition) is 1.